The summed E-state index contributed by atoms with van der Waals surface area (Å²) < 4.78 is 37.5. The highest BCUT2D eigenvalue weighted by atomic mass is 35.5. The van der Waals surface area contributed by atoms with Gasteiger partial charge >= 0.3 is 5.97 Å². The summed E-state index contributed by atoms with van der Waals surface area (Å²) in [4.78, 5) is 20.5. The first-order valence-electron chi connectivity index (χ1n) is 6.59. The van der Waals surface area contributed by atoms with Gasteiger partial charge in [-0.1, -0.05) is 22.9 Å². The molecule has 0 saturated carbocycles. The van der Waals surface area contributed by atoms with Crippen LogP contribution in [-0.2, 0) is 11.3 Å². The molecular formula is C15H9ClF2N2O3S. The van der Waals surface area contributed by atoms with Gasteiger partial charge in [0.1, 0.15) is 33.3 Å². The Bertz CT molecular complexity index is 932. The van der Waals surface area contributed by atoms with Crippen LogP contribution in [0.1, 0.15) is 15.4 Å². The largest absolute Gasteiger partial charge is 0.483 e. The number of aromatic nitrogens is 2. The summed E-state index contributed by atoms with van der Waals surface area (Å²) in [7, 11) is 1.04. The Morgan fingerprint density at radius 2 is 2.17 bits per heavy atom. The molecule has 0 unspecified atom stereocenters. The number of nitrogens with zero attached hydrogens (tertiary/aromatic N) is 2. The second kappa shape index (κ2) is 6.66. The molecule has 2 aromatic heterocycles. The lowest BCUT2D eigenvalue weighted by Gasteiger charge is -2.09. The quantitative estimate of drug-likeness (QED) is 0.650. The zero-order valence-electron chi connectivity index (χ0n) is 12.2. The van der Waals surface area contributed by atoms with Crippen molar-refractivity contribution in [1.82, 2.24) is 9.97 Å². The van der Waals surface area contributed by atoms with Gasteiger partial charge in [0.25, 0.3) is 0 Å². The molecule has 1 aromatic carbocycles. The highest BCUT2D eigenvalue weighted by molar-refractivity contribution is 7.18. The van der Waals surface area contributed by atoms with Gasteiger partial charge in [-0.05, 0) is 18.2 Å². The molecule has 0 spiro atoms. The van der Waals surface area contributed by atoms with E-state index in [4.69, 9.17) is 16.3 Å². The molecule has 0 N–H and O–H groups in total. The number of carbonyl (C=O) groups excluding carboxylic acids is 1. The van der Waals surface area contributed by atoms with E-state index < -0.39 is 23.2 Å². The van der Waals surface area contributed by atoms with Crippen LogP contribution >= 0.6 is 22.9 Å². The van der Waals surface area contributed by atoms with Gasteiger partial charge in [-0.25, -0.2) is 23.5 Å². The molecule has 0 aliphatic carbocycles. The Hall–Kier alpha value is -2.32. The first-order valence-corrected chi connectivity index (χ1v) is 7.79. The molecule has 3 rings (SSSR count). The van der Waals surface area contributed by atoms with Gasteiger partial charge in [0.05, 0.1) is 12.1 Å². The summed E-state index contributed by atoms with van der Waals surface area (Å²) in [5, 5.41) is 0.982. The first kappa shape index (κ1) is 16.5. The Morgan fingerprint density at radius 3 is 2.92 bits per heavy atom. The molecule has 124 valence electrons. The molecular weight excluding hydrogens is 362 g/mol. The van der Waals surface area contributed by atoms with Crippen LogP contribution in [0.5, 0.6) is 5.75 Å². The molecule has 24 heavy (non-hydrogen) atoms. The summed E-state index contributed by atoms with van der Waals surface area (Å²) in [5.74, 6) is -3.54. The molecule has 0 atom stereocenters. The number of hydrogen-bond donors (Lipinski definition) is 0. The van der Waals surface area contributed by atoms with E-state index in [1.807, 2.05) is 0 Å². The third-order valence-electron chi connectivity index (χ3n) is 3.05. The first-order chi connectivity index (χ1) is 11.5. The molecule has 0 bridgehead atoms. The third-order valence-corrected chi connectivity index (χ3v) is 4.21. The standard InChI is InChI=1S/C15H9ClF2N2O3S/c1-22-15(21)12-8(17)2-3-10(13(12)18)23-6-11-20-9-4-7(16)5-19-14(9)24-11/h2-5H,6H2,1H3. The minimum absolute atomic E-state index is 0.0676. The molecule has 9 heteroatoms. The molecule has 0 amide bonds. The van der Waals surface area contributed by atoms with E-state index in [0.717, 1.165) is 19.2 Å². The van der Waals surface area contributed by atoms with E-state index in [1.165, 1.54) is 17.5 Å². The monoisotopic (exact) mass is 370 g/mol. The second-order valence-corrected chi connectivity index (χ2v) is 6.10. The van der Waals surface area contributed by atoms with Crippen molar-refractivity contribution in [3.8, 4) is 5.75 Å². The Kier molecular flexibility index (Phi) is 4.59. The number of pyridine rings is 1. The van der Waals surface area contributed by atoms with E-state index >= 15 is 0 Å². The smallest absolute Gasteiger partial charge is 0.344 e. The summed E-state index contributed by atoms with van der Waals surface area (Å²) in [6.07, 6.45) is 1.50. The lowest BCUT2D eigenvalue weighted by atomic mass is 10.2. The number of halogens is 3. The normalized spacial score (nSPS) is 10.8. The second-order valence-electron chi connectivity index (χ2n) is 4.60. The number of rotatable bonds is 4. The Morgan fingerprint density at radius 1 is 1.38 bits per heavy atom. The van der Waals surface area contributed by atoms with Gasteiger partial charge in [-0.3, -0.25) is 0 Å². The summed E-state index contributed by atoms with van der Waals surface area (Å²) >= 11 is 7.09. The SMILES string of the molecule is COC(=O)c1c(F)ccc(OCc2nc3cc(Cl)cnc3s2)c1F. The molecule has 0 aliphatic rings. The fraction of sp³-hybridized carbons (Fsp3) is 0.133. The minimum atomic E-state index is -1.12. The van der Waals surface area contributed by atoms with Crippen LogP contribution in [0.25, 0.3) is 10.3 Å². The van der Waals surface area contributed by atoms with Crippen LogP contribution in [0.4, 0.5) is 8.78 Å². The lowest BCUT2D eigenvalue weighted by molar-refractivity contribution is 0.0588. The minimum Gasteiger partial charge on any atom is -0.483 e. The Labute approximate surface area is 143 Å². The van der Waals surface area contributed by atoms with E-state index in [2.05, 4.69) is 14.7 Å². The number of methoxy groups -OCH3 is 1. The fourth-order valence-corrected chi connectivity index (χ4v) is 2.93. The van der Waals surface area contributed by atoms with Crippen LogP contribution < -0.4 is 4.74 Å². The molecule has 0 fully saturated rings. The van der Waals surface area contributed by atoms with Crippen LogP contribution in [0.3, 0.4) is 0 Å². The molecule has 3 aromatic rings. The van der Waals surface area contributed by atoms with Crippen LogP contribution in [-0.4, -0.2) is 23.0 Å². The van der Waals surface area contributed by atoms with Gasteiger partial charge < -0.3 is 9.47 Å². The van der Waals surface area contributed by atoms with Gasteiger partial charge in [-0.2, -0.15) is 0 Å². The van der Waals surface area contributed by atoms with Crippen molar-refractivity contribution in [2.24, 2.45) is 0 Å². The van der Waals surface area contributed by atoms with Gasteiger partial charge in [-0.15, -0.1) is 0 Å². The maximum absolute atomic E-state index is 14.2. The zero-order valence-corrected chi connectivity index (χ0v) is 13.8. The summed E-state index contributed by atoms with van der Waals surface area (Å²) in [6, 6.07) is 3.68. The van der Waals surface area contributed by atoms with Crippen LogP contribution in [0.2, 0.25) is 5.02 Å². The highest BCUT2D eigenvalue weighted by Crippen LogP contribution is 2.27. The fourth-order valence-electron chi connectivity index (χ4n) is 1.98. The lowest BCUT2D eigenvalue weighted by Crippen LogP contribution is -2.09. The van der Waals surface area contributed by atoms with Crippen molar-refractivity contribution < 1.29 is 23.0 Å². The molecule has 0 radical (unpaired) electrons. The van der Waals surface area contributed by atoms with E-state index in [-0.39, 0.29) is 12.4 Å². The maximum atomic E-state index is 14.2. The number of benzene rings is 1. The number of carbonyl (C=O) groups is 1. The van der Waals surface area contributed by atoms with Gasteiger partial charge in [0.2, 0.25) is 0 Å². The van der Waals surface area contributed by atoms with Crippen LogP contribution in [0, 0.1) is 11.6 Å². The van der Waals surface area contributed by atoms with Crippen molar-refractivity contribution in [2.45, 2.75) is 6.61 Å². The van der Waals surface area contributed by atoms with E-state index in [0.29, 0.717) is 20.4 Å². The van der Waals surface area contributed by atoms with Crippen molar-refractivity contribution in [2.75, 3.05) is 7.11 Å². The molecule has 5 nitrogen and oxygen atoms in total. The average Bonchev–Trinajstić information content (AvgIpc) is 2.95. The third kappa shape index (κ3) is 3.15. The van der Waals surface area contributed by atoms with Gasteiger partial charge in [0, 0.05) is 6.20 Å². The molecule has 2 heterocycles. The summed E-state index contributed by atoms with van der Waals surface area (Å²) in [6.45, 7) is -0.0676. The predicted octanol–water partition coefficient (Wildman–Crippen LogP) is 3.99. The molecule has 0 saturated heterocycles. The van der Waals surface area contributed by atoms with Gasteiger partial charge in [0.15, 0.2) is 11.6 Å². The zero-order chi connectivity index (χ0) is 17.3. The number of esters is 1. The van der Waals surface area contributed by atoms with E-state index in [1.54, 1.807) is 6.07 Å². The van der Waals surface area contributed by atoms with Crippen molar-refractivity contribution in [3.63, 3.8) is 0 Å². The number of fused-ring (bicyclic) bond motifs is 1. The highest BCUT2D eigenvalue weighted by Gasteiger charge is 2.22. The number of ether oxygens (including phenoxy) is 2. The maximum Gasteiger partial charge on any atom is 0.344 e. The predicted molar refractivity (Wildman–Crippen MR) is 84.5 cm³/mol. The van der Waals surface area contributed by atoms with Crippen molar-refractivity contribution in [1.29, 1.82) is 0 Å². The topological polar surface area (TPSA) is 61.3 Å². The molecule has 0 aliphatic heterocycles. The Balaban J connectivity index is 1.84. The van der Waals surface area contributed by atoms with Crippen LogP contribution in [0.15, 0.2) is 24.4 Å². The number of hydrogen-bond acceptors (Lipinski definition) is 6. The van der Waals surface area contributed by atoms with E-state index in [9.17, 15) is 13.6 Å². The number of thiazole rings is 1. The van der Waals surface area contributed by atoms with Crippen molar-refractivity contribution >= 4 is 39.3 Å². The van der Waals surface area contributed by atoms with Crippen molar-refractivity contribution in [3.05, 3.63) is 51.6 Å². The average molecular weight is 371 g/mol. The summed E-state index contributed by atoms with van der Waals surface area (Å²) in [5.41, 5.74) is -0.200.